The second-order valence-corrected chi connectivity index (χ2v) is 5.56. The molecule has 1 aromatic carbocycles. The molecule has 4 heteroatoms. The molecule has 0 fully saturated rings. The summed E-state index contributed by atoms with van der Waals surface area (Å²) in [6, 6.07) is 6.84. The number of nitrogens with one attached hydrogen (secondary N) is 1. The number of hydrogen-bond acceptors (Lipinski definition) is 4. The Hall–Kier alpha value is -1.10. The highest BCUT2D eigenvalue weighted by molar-refractivity contribution is 5.40. The van der Waals surface area contributed by atoms with Crippen LogP contribution >= 0.6 is 0 Å². The summed E-state index contributed by atoms with van der Waals surface area (Å²) in [5.41, 5.74) is 2.65. The van der Waals surface area contributed by atoms with Crippen LogP contribution in [-0.2, 0) is 11.2 Å². The van der Waals surface area contributed by atoms with Gasteiger partial charge in [-0.25, -0.2) is 0 Å². The van der Waals surface area contributed by atoms with Gasteiger partial charge in [0.15, 0.2) is 0 Å². The highest BCUT2D eigenvalue weighted by Gasteiger charge is 2.14. The van der Waals surface area contributed by atoms with E-state index in [2.05, 4.69) is 49.4 Å². The fourth-order valence-electron chi connectivity index (χ4n) is 2.29. The lowest BCUT2D eigenvalue weighted by atomic mass is 10.0. The van der Waals surface area contributed by atoms with Crippen LogP contribution in [0.3, 0.4) is 0 Å². The van der Waals surface area contributed by atoms with Crippen molar-refractivity contribution in [2.24, 2.45) is 0 Å². The summed E-state index contributed by atoms with van der Waals surface area (Å²) in [6.45, 7) is 6.41. The summed E-state index contributed by atoms with van der Waals surface area (Å²) < 4.78 is 11.1. The van der Waals surface area contributed by atoms with E-state index in [1.165, 1.54) is 11.1 Å². The van der Waals surface area contributed by atoms with E-state index in [9.17, 15) is 0 Å². The first-order valence-corrected chi connectivity index (χ1v) is 7.38. The molecule has 0 saturated carbocycles. The molecule has 0 bridgehead atoms. The average molecular weight is 278 g/mol. The van der Waals surface area contributed by atoms with E-state index in [4.69, 9.17) is 9.47 Å². The number of ether oxygens (including phenoxy) is 2. The molecule has 1 aliphatic heterocycles. The fourth-order valence-corrected chi connectivity index (χ4v) is 2.29. The van der Waals surface area contributed by atoms with Crippen molar-refractivity contribution in [1.82, 2.24) is 10.2 Å². The number of hydrogen-bond donors (Lipinski definition) is 1. The molecule has 0 amide bonds. The van der Waals surface area contributed by atoms with E-state index in [0.29, 0.717) is 6.04 Å². The first-order chi connectivity index (χ1) is 9.66. The van der Waals surface area contributed by atoms with Crippen LogP contribution in [0.1, 0.15) is 24.1 Å². The van der Waals surface area contributed by atoms with Gasteiger partial charge >= 0.3 is 0 Å². The number of benzene rings is 1. The zero-order valence-electron chi connectivity index (χ0n) is 12.8. The minimum absolute atomic E-state index is 0.346. The maximum absolute atomic E-state index is 5.58. The molecule has 4 nitrogen and oxygen atoms in total. The Bertz CT molecular complexity index is 421. The van der Waals surface area contributed by atoms with Crippen LogP contribution in [0.15, 0.2) is 18.2 Å². The van der Waals surface area contributed by atoms with E-state index < -0.39 is 0 Å². The van der Waals surface area contributed by atoms with Gasteiger partial charge in [-0.05, 0) is 38.2 Å². The van der Waals surface area contributed by atoms with E-state index in [0.717, 1.165) is 45.1 Å². The summed E-state index contributed by atoms with van der Waals surface area (Å²) in [7, 11) is 4.11. The predicted octanol–water partition coefficient (Wildman–Crippen LogP) is 1.85. The van der Waals surface area contributed by atoms with Gasteiger partial charge in [-0.15, -0.1) is 0 Å². The number of fused-ring (bicyclic) bond motifs is 1. The lowest BCUT2D eigenvalue weighted by molar-refractivity contribution is 0.118. The van der Waals surface area contributed by atoms with Crippen LogP contribution in [-0.4, -0.2) is 51.9 Å². The summed E-state index contributed by atoms with van der Waals surface area (Å²) in [6.07, 6.45) is 1.03. The van der Waals surface area contributed by atoms with Gasteiger partial charge in [-0.1, -0.05) is 12.1 Å². The number of nitrogens with zero attached hydrogens (tertiary/aromatic N) is 1. The second kappa shape index (κ2) is 7.62. The molecule has 20 heavy (non-hydrogen) atoms. The molecule has 1 heterocycles. The van der Waals surface area contributed by atoms with Crippen LogP contribution in [0.2, 0.25) is 0 Å². The van der Waals surface area contributed by atoms with Gasteiger partial charge < -0.3 is 19.7 Å². The minimum Gasteiger partial charge on any atom is -0.493 e. The minimum atomic E-state index is 0.346. The largest absolute Gasteiger partial charge is 0.493 e. The Balaban J connectivity index is 1.68. The molecule has 0 saturated heterocycles. The fraction of sp³-hybridized carbons (Fsp3) is 0.625. The Labute approximate surface area is 122 Å². The molecule has 1 unspecified atom stereocenters. The normalized spacial score (nSPS) is 15.2. The molecule has 0 aliphatic carbocycles. The van der Waals surface area contributed by atoms with Crippen LogP contribution in [0.25, 0.3) is 0 Å². The molecule has 1 aromatic rings. The second-order valence-electron chi connectivity index (χ2n) is 5.56. The SMILES string of the molecule is CC(NCCOCCN(C)C)c1ccc2c(c1)CCO2. The maximum atomic E-state index is 5.58. The lowest BCUT2D eigenvalue weighted by Crippen LogP contribution is -2.25. The van der Waals surface area contributed by atoms with Gasteiger partial charge in [0.2, 0.25) is 0 Å². The van der Waals surface area contributed by atoms with Crippen LogP contribution in [0, 0.1) is 0 Å². The van der Waals surface area contributed by atoms with Crippen molar-refractivity contribution in [3.63, 3.8) is 0 Å². The van der Waals surface area contributed by atoms with Crippen molar-refractivity contribution in [3.8, 4) is 5.75 Å². The summed E-state index contributed by atoms with van der Waals surface area (Å²) >= 11 is 0. The van der Waals surface area contributed by atoms with E-state index in [-0.39, 0.29) is 0 Å². The third-order valence-electron chi connectivity index (χ3n) is 3.59. The molecule has 0 aromatic heterocycles. The topological polar surface area (TPSA) is 33.7 Å². The van der Waals surface area contributed by atoms with Gasteiger partial charge in [0.05, 0.1) is 19.8 Å². The molecular formula is C16H26N2O2. The zero-order valence-corrected chi connectivity index (χ0v) is 12.8. The van der Waals surface area contributed by atoms with Crippen LogP contribution < -0.4 is 10.1 Å². The van der Waals surface area contributed by atoms with Gasteiger partial charge in [0.25, 0.3) is 0 Å². The first-order valence-electron chi connectivity index (χ1n) is 7.38. The molecule has 0 radical (unpaired) electrons. The highest BCUT2D eigenvalue weighted by atomic mass is 16.5. The van der Waals surface area contributed by atoms with E-state index in [1.807, 2.05) is 0 Å². The third kappa shape index (κ3) is 4.47. The van der Waals surface area contributed by atoms with E-state index >= 15 is 0 Å². The Kier molecular flexibility index (Phi) is 5.83. The molecule has 2 rings (SSSR count). The highest BCUT2D eigenvalue weighted by Crippen LogP contribution is 2.27. The van der Waals surface area contributed by atoms with Crippen molar-refractivity contribution in [1.29, 1.82) is 0 Å². The van der Waals surface area contributed by atoms with Crippen molar-refractivity contribution in [3.05, 3.63) is 29.3 Å². The van der Waals surface area contributed by atoms with Gasteiger partial charge in [0.1, 0.15) is 5.75 Å². The standard InChI is InChI=1S/C16H26N2O2/c1-13(17-7-10-19-11-8-18(2)3)14-4-5-16-15(12-14)6-9-20-16/h4-5,12-13,17H,6-11H2,1-3H3. The van der Waals surface area contributed by atoms with Gasteiger partial charge in [-0.2, -0.15) is 0 Å². The van der Waals surface area contributed by atoms with Gasteiger partial charge in [-0.3, -0.25) is 0 Å². The maximum Gasteiger partial charge on any atom is 0.122 e. The quantitative estimate of drug-likeness (QED) is 0.736. The van der Waals surface area contributed by atoms with E-state index in [1.54, 1.807) is 0 Å². The Morgan fingerprint density at radius 2 is 2.20 bits per heavy atom. The van der Waals surface area contributed by atoms with Crippen molar-refractivity contribution in [2.45, 2.75) is 19.4 Å². The summed E-state index contributed by atoms with van der Waals surface area (Å²) in [4.78, 5) is 2.13. The van der Waals surface area contributed by atoms with Crippen molar-refractivity contribution in [2.75, 3.05) is 47.0 Å². The number of likely N-dealkylation sites (N-methyl/N-ethyl adjacent to an activating group) is 1. The molecule has 1 N–H and O–H groups in total. The average Bonchev–Trinajstić information content (AvgIpc) is 2.89. The molecule has 0 spiro atoms. The first kappa shape index (κ1) is 15.3. The zero-order chi connectivity index (χ0) is 14.4. The smallest absolute Gasteiger partial charge is 0.122 e. The van der Waals surface area contributed by atoms with Crippen molar-refractivity contribution < 1.29 is 9.47 Å². The molecular weight excluding hydrogens is 252 g/mol. The van der Waals surface area contributed by atoms with Crippen molar-refractivity contribution >= 4 is 0 Å². The summed E-state index contributed by atoms with van der Waals surface area (Å²) in [5, 5.41) is 3.50. The third-order valence-corrected chi connectivity index (χ3v) is 3.59. The lowest BCUT2D eigenvalue weighted by Gasteiger charge is -2.16. The molecule has 112 valence electrons. The summed E-state index contributed by atoms with van der Waals surface area (Å²) in [5.74, 6) is 1.05. The Morgan fingerprint density at radius 1 is 1.35 bits per heavy atom. The molecule has 1 aliphatic rings. The van der Waals surface area contributed by atoms with Crippen LogP contribution in [0.5, 0.6) is 5.75 Å². The Morgan fingerprint density at radius 3 is 3.00 bits per heavy atom. The number of rotatable bonds is 8. The predicted molar refractivity (Wildman–Crippen MR) is 81.4 cm³/mol. The monoisotopic (exact) mass is 278 g/mol. The molecule has 1 atom stereocenters. The van der Waals surface area contributed by atoms with Crippen LogP contribution in [0.4, 0.5) is 0 Å². The van der Waals surface area contributed by atoms with Gasteiger partial charge in [0, 0.05) is 25.6 Å².